The van der Waals surface area contributed by atoms with Crippen LogP contribution in [0.1, 0.15) is 58.8 Å². The zero-order valence-electron chi connectivity index (χ0n) is 14.3. The van der Waals surface area contributed by atoms with Gasteiger partial charge in [-0.1, -0.05) is 25.3 Å². The van der Waals surface area contributed by atoms with Gasteiger partial charge in [-0.2, -0.15) is 0 Å². The van der Waals surface area contributed by atoms with Gasteiger partial charge in [0, 0.05) is 11.8 Å². The van der Waals surface area contributed by atoms with Crippen LogP contribution in [-0.4, -0.2) is 16.5 Å². The lowest BCUT2D eigenvalue weighted by atomic mass is 9.49. The lowest BCUT2D eigenvalue weighted by Gasteiger charge is -2.56. The average Bonchev–Trinajstić information content (AvgIpc) is 2.80. The molecule has 0 bridgehead atoms. The van der Waals surface area contributed by atoms with Gasteiger partial charge in [-0.05, 0) is 74.2 Å². The molecule has 0 spiro atoms. The molecule has 0 heterocycles. The minimum absolute atomic E-state index is 0.117. The Bertz CT molecular complexity index is 612. The van der Waals surface area contributed by atoms with Gasteiger partial charge in [0.25, 0.3) is 0 Å². The summed E-state index contributed by atoms with van der Waals surface area (Å²) in [5.74, 6) is 6.09. The topological polar surface area (TPSA) is 37.3 Å². The summed E-state index contributed by atoms with van der Waals surface area (Å²) in [5, 5.41) is 11.0. The second-order valence-electron chi connectivity index (χ2n) is 8.83. The Labute approximate surface area is 139 Å². The molecule has 0 radical (unpaired) electrons. The fourth-order valence-electron chi connectivity index (χ4n) is 6.75. The fourth-order valence-corrected chi connectivity index (χ4v) is 6.75. The van der Waals surface area contributed by atoms with E-state index in [0.29, 0.717) is 35.4 Å². The van der Waals surface area contributed by atoms with E-state index in [-0.39, 0.29) is 5.41 Å². The molecular formula is C21H28O2. The van der Waals surface area contributed by atoms with Crippen molar-refractivity contribution < 1.29 is 9.90 Å². The lowest BCUT2D eigenvalue weighted by Crippen LogP contribution is -2.53. The first-order valence-corrected chi connectivity index (χ1v) is 9.34. The lowest BCUT2D eigenvalue weighted by molar-refractivity contribution is -0.117. The van der Waals surface area contributed by atoms with Crippen LogP contribution in [0.15, 0.2) is 11.6 Å². The Hall–Kier alpha value is -1.07. The number of carbonyl (C=O) groups is 1. The SMILES string of the molecule is C#C[C@]1(O)CC[C@H]2[C@@H]3C[C@H](C)C4=CC(=O)CC[C@@H]4[C@H]3CC[C@@]21C. The van der Waals surface area contributed by atoms with Crippen LogP contribution in [0.3, 0.4) is 0 Å². The summed E-state index contributed by atoms with van der Waals surface area (Å²) in [7, 11) is 0. The molecule has 0 unspecified atom stereocenters. The van der Waals surface area contributed by atoms with Crippen LogP contribution < -0.4 is 0 Å². The summed E-state index contributed by atoms with van der Waals surface area (Å²) < 4.78 is 0. The van der Waals surface area contributed by atoms with Crippen molar-refractivity contribution >= 4 is 5.78 Å². The van der Waals surface area contributed by atoms with E-state index in [4.69, 9.17) is 6.42 Å². The quantitative estimate of drug-likeness (QED) is 0.692. The maximum atomic E-state index is 11.8. The van der Waals surface area contributed by atoms with Crippen LogP contribution in [0.25, 0.3) is 0 Å². The van der Waals surface area contributed by atoms with Gasteiger partial charge in [0.1, 0.15) is 5.60 Å². The van der Waals surface area contributed by atoms with Gasteiger partial charge < -0.3 is 5.11 Å². The zero-order valence-corrected chi connectivity index (χ0v) is 14.3. The highest BCUT2D eigenvalue weighted by atomic mass is 16.3. The van der Waals surface area contributed by atoms with E-state index >= 15 is 0 Å². The molecule has 1 N–H and O–H groups in total. The Morgan fingerprint density at radius 3 is 2.78 bits per heavy atom. The van der Waals surface area contributed by atoms with E-state index in [1.165, 1.54) is 12.0 Å². The molecule has 0 aromatic carbocycles. The van der Waals surface area contributed by atoms with Crippen LogP contribution in [0.5, 0.6) is 0 Å². The molecule has 0 aromatic rings. The standard InChI is InChI=1S/C21H28O2/c1-4-21(23)10-8-19-18-11-13(2)17-12-14(22)5-6-15(17)16(18)7-9-20(19,21)3/h1,12-13,15-16,18-19,23H,5-11H2,2-3H3/t13-,15+,16+,18+,19-,20-,21-/m0/s1. The van der Waals surface area contributed by atoms with E-state index in [2.05, 4.69) is 19.8 Å². The third-order valence-corrected chi connectivity index (χ3v) is 8.05. The van der Waals surface area contributed by atoms with Crippen LogP contribution in [0, 0.1) is 47.3 Å². The number of hydrogen-bond acceptors (Lipinski definition) is 2. The van der Waals surface area contributed by atoms with E-state index < -0.39 is 5.60 Å². The Morgan fingerprint density at radius 2 is 2.04 bits per heavy atom. The van der Waals surface area contributed by atoms with Crippen molar-refractivity contribution in [2.75, 3.05) is 0 Å². The molecule has 7 atom stereocenters. The van der Waals surface area contributed by atoms with Gasteiger partial charge in [-0.25, -0.2) is 0 Å². The maximum absolute atomic E-state index is 11.8. The molecule has 0 aliphatic heterocycles. The summed E-state index contributed by atoms with van der Waals surface area (Å²) in [5.41, 5.74) is 0.398. The van der Waals surface area contributed by atoms with Crippen LogP contribution >= 0.6 is 0 Å². The molecule has 0 aromatic heterocycles. The summed E-state index contributed by atoms with van der Waals surface area (Å²) >= 11 is 0. The summed E-state index contributed by atoms with van der Waals surface area (Å²) in [6.07, 6.45) is 14.6. The Kier molecular flexibility index (Phi) is 3.34. The molecule has 4 aliphatic rings. The molecule has 0 saturated heterocycles. The van der Waals surface area contributed by atoms with Crippen molar-refractivity contribution in [1.82, 2.24) is 0 Å². The number of hydrogen-bond donors (Lipinski definition) is 1. The molecule has 0 amide bonds. The van der Waals surface area contributed by atoms with Crippen molar-refractivity contribution in [1.29, 1.82) is 0 Å². The average molecular weight is 312 g/mol. The highest BCUT2D eigenvalue weighted by Crippen LogP contribution is 2.65. The van der Waals surface area contributed by atoms with E-state index in [9.17, 15) is 9.90 Å². The minimum atomic E-state index is -0.912. The van der Waals surface area contributed by atoms with Crippen molar-refractivity contribution in [3.05, 3.63) is 11.6 Å². The van der Waals surface area contributed by atoms with E-state index in [1.54, 1.807) is 0 Å². The molecule has 4 rings (SSSR count). The van der Waals surface area contributed by atoms with Gasteiger partial charge in [-0.3, -0.25) is 4.79 Å². The number of fused-ring (bicyclic) bond motifs is 5. The molecular weight excluding hydrogens is 284 g/mol. The third-order valence-electron chi connectivity index (χ3n) is 8.05. The summed E-state index contributed by atoms with van der Waals surface area (Å²) in [6, 6.07) is 0. The van der Waals surface area contributed by atoms with Gasteiger partial charge in [0.05, 0.1) is 0 Å². The molecule has 124 valence electrons. The largest absolute Gasteiger partial charge is 0.377 e. The number of aliphatic hydroxyl groups is 1. The zero-order chi connectivity index (χ0) is 16.4. The number of rotatable bonds is 0. The first kappa shape index (κ1) is 15.5. The van der Waals surface area contributed by atoms with E-state index in [0.717, 1.165) is 38.5 Å². The van der Waals surface area contributed by atoms with Crippen molar-refractivity contribution in [3.8, 4) is 12.3 Å². The molecule has 3 saturated carbocycles. The second-order valence-corrected chi connectivity index (χ2v) is 8.83. The minimum Gasteiger partial charge on any atom is -0.377 e. The Balaban J connectivity index is 1.69. The van der Waals surface area contributed by atoms with Gasteiger partial charge >= 0.3 is 0 Å². The molecule has 3 fully saturated rings. The third kappa shape index (κ3) is 1.96. The molecule has 4 aliphatic carbocycles. The maximum Gasteiger partial charge on any atom is 0.155 e. The highest BCUT2D eigenvalue weighted by molar-refractivity contribution is 5.91. The molecule has 23 heavy (non-hydrogen) atoms. The van der Waals surface area contributed by atoms with Crippen molar-refractivity contribution in [2.45, 2.75) is 64.4 Å². The predicted octanol–water partition coefficient (Wildman–Crippen LogP) is 3.74. The first-order valence-electron chi connectivity index (χ1n) is 9.34. The van der Waals surface area contributed by atoms with Crippen molar-refractivity contribution in [3.63, 3.8) is 0 Å². The Morgan fingerprint density at radius 1 is 1.26 bits per heavy atom. The fraction of sp³-hybridized carbons (Fsp3) is 0.762. The molecule has 2 nitrogen and oxygen atoms in total. The second kappa shape index (κ2) is 4.96. The van der Waals surface area contributed by atoms with Crippen LogP contribution in [0.4, 0.5) is 0 Å². The number of allylic oxidation sites excluding steroid dienone is 1. The van der Waals surface area contributed by atoms with Gasteiger partial charge in [0.15, 0.2) is 5.78 Å². The number of carbonyl (C=O) groups excluding carboxylic acids is 1. The highest BCUT2D eigenvalue weighted by Gasteiger charge is 2.62. The predicted molar refractivity (Wildman–Crippen MR) is 90.4 cm³/mol. The first-order chi connectivity index (χ1) is 10.9. The van der Waals surface area contributed by atoms with Crippen molar-refractivity contribution in [2.24, 2.45) is 35.0 Å². The molecule has 2 heteroatoms. The van der Waals surface area contributed by atoms with Crippen LogP contribution in [-0.2, 0) is 4.79 Å². The van der Waals surface area contributed by atoms with Crippen LogP contribution in [0.2, 0.25) is 0 Å². The van der Waals surface area contributed by atoms with E-state index in [1.807, 2.05) is 6.08 Å². The number of terminal acetylenes is 1. The van der Waals surface area contributed by atoms with Gasteiger partial charge in [0.2, 0.25) is 0 Å². The smallest absolute Gasteiger partial charge is 0.155 e. The number of ketones is 1. The normalized spacial score (nSPS) is 52.0. The summed E-state index contributed by atoms with van der Waals surface area (Å²) in [6.45, 7) is 4.53. The monoisotopic (exact) mass is 312 g/mol. The summed E-state index contributed by atoms with van der Waals surface area (Å²) in [4.78, 5) is 11.8. The van der Waals surface area contributed by atoms with Gasteiger partial charge in [-0.15, -0.1) is 6.42 Å².